The van der Waals surface area contributed by atoms with Gasteiger partial charge in [-0.15, -0.1) is 0 Å². The molecule has 2 unspecified atom stereocenters. The topological polar surface area (TPSA) is 0 Å². The third-order valence-corrected chi connectivity index (χ3v) is 3.35. The Morgan fingerprint density at radius 2 is 1.27 bits per heavy atom. The molecule has 0 radical (unpaired) electrons. The van der Waals surface area contributed by atoms with Gasteiger partial charge >= 0.3 is 0 Å². The van der Waals surface area contributed by atoms with Crippen molar-refractivity contribution in [3.05, 3.63) is 0 Å². The van der Waals surface area contributed by atoms with E-state index in [0.717, 1.165) is 11.8 Å². The van der Waals surface area contributed by atoms with E-state index in [1.54, 1.807) is 0 Å². The van der Waals surface area contributed by atoms with E-state index in [0.29, 0.717) is 0 Å². The number of rotatable bonds is 0. The number of hydrogen-bond acceptors (Lipinski definition) is 0. The van der Waals surface area contributed by atoms with Crippen molar-refractivity contribution in [1.29, 1.82) is 0 Å². The number of nitrogens with zero attached hydrogens (tertiary/aromatic N) is 1. The third kappa shape index (κ3) is 2.48. The quantitative estimate of drug-likeness (QED) is 0.471. The molecule has 1 rings (SSSR count). The fourth-order valence-electron chi connectivity index (χ4n) is 1.79. The molecule has 0 amide bonds. The highest BCUT2D eigenvalue weighted by molar-refractivity contribution is 4.64. The highest BCUT2D eigenvalue weighted by atomic mass is 15.3. The van der Waals surface area contributed by atoms with Gasteiger partial charge in [0.15, 0.2) is 0 Å². The molecule has 11 heavy (non-hydrogen) atoms. The standard InChI is InChI=1S/C10H22N/c1-9-5-7-11(3,4)8-6-10(9)2/h9-10H,5-8H2,1-4H3/q+1. The molecule has 1 aliphatic heterocycles. The summed E-state index contributed by atoms with van der Waals surface area (Å²) in [6.07, 6.45) is 2.82. The molecule has 1 aliphatic rings. The lowest BCUT2D eigenvalue weighted by molar-refractivity contribution is -0.889. The molecule has 0 bridgehead atoms. The summed E-state index contributed by atoms with van der Waals surface area (Å²) in [5.74, 6) is 1.88. The highest BCUT2D eigenvalue weighted by Gasteiger charge is 2.25. The second kappa shape index (κ2) is 3.14. The number of hydrogen-bond donors (Lipinski definition) is 0. The Kier molecular flexibility index (Phi) is 2.58. The monoisotopic (exact) mass is 156 g/mol. The first-order valence-corrected chi connectivity index (χ1v) is 4.83. The Morgan fingerprint density at radius 1 is 0.909 bits per heavy atom. The van der Waals surface area contributed by atoms with Crippen LogP contribution < -0.4 is 0 Å². The van der Waals surface area contributed by atoms with Crippen LogP contribution >= 0.6 is 0 Å². The van der Waals surface area contributed by atoms with Gasteiger partial charge < -0.3 is 4.48 Å². The summed E-state index contributed by atoms with van der Waals surface area (Å²) in [6, 6.07) is 0. The van der Waals surface area contributed by atoms with Gasteiger partial charge in [0.05, 0.1) is 27.2 Å². The maximum absolute atomic E-state index is 2.40. The van der Waals surface area contributed by atoms with Crippen molar-refractivity contribution in [1.82, 2.24) is 0 Å². The summed E-state index contributed by atoms with van der Waals surface area (Å²) in [5, 5.41) is 0. The molecule has 1 nitrogen and oxygen atoms in total. The summed E-state index contributed by atoms with van der Waals surface area (Å²) in [4.78, 5) is 0. The lowest BCUT2D eigenvalue weighted by Gasteiger charge is -2.27. The molecule has 0 spiro atoms. The van der Waals surface area contributed by atoms with Crippen molar-refractivity contribution in [2.24, 2.45) is 11.8 Å². The van der Waals surface area contributed by atoms with Crippen molar-refractivity contribution in [2.45, 2.75) is 26.7 Å². The first-order valence-electron chi connectivity index (χ1n) is 4.83. The molecular formula is C10H22N+. The molecule has 66 valence electrons. The van der Waals surface area contributed by atoms with Gasteiger partial charge in [-0.2, -0.15) is 0 Å². The van der Waals surface area contributed by atoms with Crippen LogP contribution in [0.3, 0.4) is 0 Å². The Balaban J connectivity index is 2.51. The average molecular weight is 156 g/mol. The fraction of sp³-hybridized carbons (Fsp3) is 1.00. The van der Waals surface area contributed by atoms with E-state index in [2.05, 4.69) is 27.9 Å². The third-order valence-electron chi connectivity index (χ3n) is 3.35. The molecule has 0 aromatic rings. The summed E-state index contributed by atoms with van der Waals surface area (Å²) >= 11 is 0. The van der Waals surface area contributed by atoms with Crippen molar-refractivity contribution in [3.8, 4) is 0 Å². The minimum atomic E-state index is 0.940. The lowest BCUT2D eigenvalue weighted by atomic mass is 9.92. The van der Waals surface area contributed by atoms with Crippen LogP contribution in [0, 0.1) is 11.8 Å². The normalized spacial score (nSPS) is 38.2. The largest absolute Gasteiger partial charge is 0.328 e. The predicted octanol–water partition coefficient (Wildman–Crippen LogP) is 2.13. The molecule has 1 saturated heterocycles. The molecule has 1 heterocycles. The predicted molar refractivity (Wildman–Crippen MR) is 49.4 cm³/mol. The van der Waals surface area contributed by atoms with Gasteiger partial charge in [-0.1, -0.05) is 13.8 Å². The van der Waals surface area contributed by atoms with Gasteiger partial charge in [0.2, 0.25) is 0 Å². The molecule has 1 heteroatoms. The highest BCUT2D eigenvalue weighted by Crippen LogP contribution is 2.24. The second-order valence-corrected chi connectivity index (χ2v) is 4.91. The van der Waals surface area contributed by atoms with E-state index in [1.165, 1.54) is 30.4 Å². The van der Waals surface area contributed by atoms with E-state index in [9.17, 15) is 0 Å². The summed E-state index contributed by atoms with van der Waals surface area (Å²) in [5.41, 5.74) is 0. The molecule has 0 aliphatic carbocycles. The van der Waals surface area contributed by atoms with Crippen LogP contribution in [0.5, 0.6) is 0 Å². The second-order valence-electron chi connectivity index (χ2n) is 4.91. The average Bonchev–Trinajstić information content (AvgIpc) is 2.03. The van der Waals surface area contributed by atoms with Crippen LogP contribution in [0.1, 0.15) is 26.7 Å². The molecule has 1 fully saturated rings. The van der Waals surface area contributed by atoms with Crippen LogP contribution in [0.4, 0.5) is 0 Å². The van der Waals surface area contributed by atoms with Crippen LogP contribution in [-0.4, -0.2) is 31.7 Å². The SMILES string of the molecule is CC1CC[N+](C)(C)CCC1C. The first kappa shape index (κ1) is 9.05. The molecule has 0 aromatic heterocycles. The van der Waals surface area contributed by atoms with Crippen molar-refractivity contribution < 1.29 is 4.48 Å². The van der Waals surface area contributed by atoms with Gasteiger partial charge in [-0.25, -0.2) is 0 Å². The number of quaternary nitrogens is 1. The summed E-state index contributed by atoms with van der Waals surface area (Å²) < 4.78 is 1.23. The van der Waals surface area contributed by atoms with E-state index in [4.69, 9.17) is 0 Å². The van der Waals surface area contributed by atoms with Crippen molar-refractivity contribution in [2.75, 3.05) is 27.2 Å². The molecule has 2 atom stereocenters. The van der Waals surface area contributed by atoms with Crippen LogP contribution in [0.2, 0.25) is 0 Å². The molecule has 0 N–H and O–H groups in total. The van der Waals surface area contributed by atoms with Gasteiger partial charge in [0.25, 0.3) is 0 Å². The Bertz CT molecular complexity index is 115. The van der Waals surface area contributed by atoms with Crippen molar-refractivity contribution in [3.63, 3.8) is 0 Å². The Labute approximate surface area is 71.0 Å². The van der Waals surface area contributed by atoms with Crippen molar-refractivity contribution >= 4 is 0 Å². The van der Waals surface area contributed by atoms with Gasteiger partial charge in [0.1, 0.15) is 0 Å². The smallest absolute Gasteiger partial charge is 0.0785 e. The maximum atomic E-state index is 2.40. The van der Waals surface area contributed by atoms with E-state index < -0.39 is 0 Å². The van der Waals surface area contributed by atoms with Crippen LogP contribution in [-0.2, 0) is 0 Å². The molecule has 0 aromatic carbocycles. The lowest BCUT2D eigenvalue weighted by Crippen LogP contribution is -2.40. The van der Waals surface area contributed by atoms with Crippen LogP contribution in [0.25, 0.3) is 0 Å². The number of likely N-dealkylation sites (tertiary alicyclic amines) is 1. The van der Waals surface area contributed by atoms with E-state index >= 15 is 0 Å². The zero-order valence-electron chi connectivity index (χ0n) is 8.43. The van der Waals surface area contributed by atoms with Gasteiger partial charge in [0, 0.05) is 0 Å². The Morgan fingerprint density at radius 3 is 1.64 bits per heavy atom. The maximum Gasteiger partial charge on any atom is 0.0785 e. The van der Waals surface area contributed by atoms with Gasteiger partial charge in [-0.05, 0) is 24.7 Å². The fourth-order valence-corrected chi connectivity index (χ4v) is 1.79. The summed E-state index contributed by atoms with van der Waals surface area (Å²) in [7, 11) is 4.70. The zero-order chi connectivity index (χ0) is 8.48. The van der Waals surface area contributed by atoms with Crippen LogP contribution in [0.15, 0.2) is 0 Å². The minimum Gasteiger partial charge on any atom is -0.328 e. The zero-order valence-corrected chi connectivity index (χ0v) is 8.43. The molecular weight excluding hydrogens is 134 g/mol. The van der Waals surface area contributed by atoms with Gasteiger partial charge in [-0.3, -0.25) is 0 Å². The Hall–Kier alpha value is -0.0400. The minimum absolute atomic E-state index is 0.940. The van der Waals surface area contributed by atoms with E-state index in [1.807, 2.05) is 0 Å². The molecule has 0 saturated carbocycles. The first-order chi connectivity index (χ1) is 5.01. The van der Waals surface area contributed by atoms with E-state index in [-0.39, 0.29) is 0 Å². The summed E-state index contributed by atoms with van der Waals surface area (Å²) in [6.45, 7) is 7.53.